The second-order valence-corrected chi connectivity index (χ2v) is 4.68. The molecule has 2 aromatic rings. The van der Waals surface area contributed by atoms with Crippen LogP contribution in [0, 0.1) is 0 Å². The number of thioether (sulfide) groups is 1. The zero-order chi connectivity index (χ0) is 14.8. The molecular weight excluding hydrogens is 289 g/mol. The zero-order valence-corrected chi connectivity index (χ0v) is 11.5. The van der Waals surface area contributed by atoms with Crippen molar-refractivity contribution in [1.29, 1.82) is 0 Å². The van der Waals surface area contributed by atoms with Crippen LogP contribution in [-0.4, -0.2) is 23.6 Å². The van der Waals surface area contributed by atoms with Crippen molar-refractivity contribution in [3.05, 3.63) is 35.9 Å². The summed E-state index contributed by atoms with van der Waals surface area (Å²) in [6.45, 7) is 0. The lowest BCUT2D eigenvalue weighted by Crippen LogP contribution is -2.04. The summed E-state index contributed by atoms with van der Waals surface area (Å²) in [5, 5.41) is 8.46. The molecule has 1 aromatic carbocycles. The number of hydrogen-bond acceptors (Lipinski definition) is 4. The molecule has 0 fully saturated rings. The van der Waals surface area contributed by atoms with E-state index < -0.39 is 11.7 Å². The minimum absolute atomic E-state index is 0.339. The van der Waals surface area contributed by atoms with Gasteiger partial charge in [0, 0.05) is 11.6 Å². The molecule has 20 heavy (non-hydrogen) atoms. The van der Waals surface area contributed by atoms with Crippen molar-refractivity contribution in [1.82, 2.24) is 10.2 Å². The van der Waals surface area contributed by atoms with Gasteiger partial charge >= 0.3 is 6.18 Å². The first-order valence-electron chi connectivity index (χ1n) is 5.59. The molecule has 0 aliphatic carbocycles. The lowest BCUT2D eigenvalue weighted by Gasteiger charge is -2.09. The summed E-state index contributed by atoms with van der Waals surface area (Å²) in [7, 11) is 1.48. The lowest BCUT2D eigenvalue weighted by atomic mass is 10.1. The van der Waals surface area contributed by atoms with Crippen LogP contribution in [0.25, 0.3) is 11.3 Å². The maximum Gasteiger partial charge on any atom is 0.416 e. The smallest absolute Gasteiger partial charge is 0.416 e. The van der Waals surface area contributed by atoms with Crippen molar-refractivity contribution in [3.8, 4) is 17.0 Å². The van der Waals surface area contributed by atoms with Gasteiger partial charge in [-0.05, 0) is 18.4 Å². The van der Waals surface area contributed by atoms with E-state index in [-0.39, 0.29) is 0 Å². The Kier molecular flexibility index (Phi) is 4.17. The molecule has 0 radical (unpaired) electrons. The number of methoxy groups -OCH3 is 1. The van der Waals surface area contributed by atoms with Crippen LogP contribution in [0.5, 0.6) is 5.75 Å². The van der Waals surface area contributed by atoms with E-state index in [1.807, 2.05) is 6.26 Å². The standard InChI is InChI=1S/C13H11F3N2OS/c1-19-11-7-10(17-18-12(11)20-2)8-4-3-5-9(6-8)13(14,15)16/h3-7H,1-2H3. The third-order valence-electron chi connectivity index (χ3n) is 2.63. The fourth-order valence-corrected chi connectivity index (χ4v) is 2.11. The van der Waals surface area contributed by atoms with Crippen LogP contribution in [0.4, 0.5) is 13.2 Å². The van der Waals surface area contributed by atoms with Crippen LogP contribution < -0.4 is 4.74 Å². The van der Waals surface area contributed by atoms with E-state index in [0.29, 0.717) is 22.0 Å². The number of halogens is 3. The Hall–Kier alpha value is -1.76. The highest BCUT2D eigenvalue weighted by atomic mass is 32.2. The van der Waals surface area contributed by atoms with Gasteiger partial charge in [0.05, 0.1) is 18.4 Å². The van der Waals surface area contributed by atoms with E-state index in [4.69, 9.17) is 4.74 Å². The van der Waals surface area contributed by atoms with Gasteiger partial charge in [0.1, 0.15) is 0 Å². The van der Waals surface area contributed by atoms with E-state index in [0.717, 1.165) is 12.1 Å². The largest absolute Gasteiger partial charge is 0.494 e. The third-order valence-corrected chi connectivity index (χ3v) is 3.30. The van der Waals surface area contributed by atoms with E-state index >= 15 is 0 Å². The van der Waals surface area contributed by atoms with Crippen LogP contribution in [-0.2, 0) is 6.18 Å². The number of hydrogen-bond donors (Lipinski definition) is 0. The first kappa shape index (κ1) is 14.6. The summed E-state index contributed by atoms with van der Waals surface area (Å²) >= 11 is 1.35. The Labute approximate surface area is 118 Å². The monoisotopic (exact) mass is 300 g/mol. The quantitative estimate of drug-likeness (QED) is 0.805. The van der Waals surface area contributed by atoms with Gasteiger partial charge in [-0.3, -0.25) is 0 Å². The van der Waals surface area contributed by atoms with Gasteiger partial charge in [0.15, 0.2) is 10.8 Å². The number of benzene rings is 1. The summed E-state index contributed by atoms with van der Waals surface area (Å²) in [5.74, 6) is 0.486. The lowest BCUT2D eigenvalue weighted by molar-refractivity contribution is -0.137. The molecule has 0 saturated heterocycles. The molecule has 1 aromatic heterocycles. The van der Waals surface area contributed by atoms with Gasteiger partial charge in [-0.25, -0.2) is 0 Å². The summed E-state index contributed by atoms with van der Waals surface area (Å²) in [5.41, 5.74) is -0.0336. The third kappa shape index (κ3) is 3.04. The van der Waals surface area contributed by atoms with E-state index in [9.17, 15) is 13.2 Å². The van der Waals surface area contributed by atoms with Crippen LogP contribution in [0.3, 0.4) is 0 Å². The van der Waals surface area contributed by atoms with Crippen molar-refractivity contribution in [2.75, 3.05) is 13.4 Å². The summed E-state index contributed by atoms with van der Waals surface area (Å²) in [6.07, 6.45) is -2.57. The topological polar surface area (TPSA) is 35.0 Å². The van der Waals surface area contributed by atoms with Gasteiger partial charge in [-0.2, -0.15) is 13.2 Å². The van der Waals surface area contributed by atoms with Crippen molar-refractivity contribution < 1.29 is 17.9 Å². The minimum Gasteiger partial charge on any atom is -0.494 e. The first-order valence-corrected chi connectivity index (χ1v) is 6.81. The minimum atomic E-state index is -4.38. The zero-order valence-electron chi connectivity index (χ0n) is 10.7. The second kappa shape index (κ2) is 5.70. The van der Waals surface area contributed by atoms with Crippen molar-refractivity contribution >= 4 is 11.8 Å². The fourth-order valence-electron chi connectivity index (χ4n) is 1.65. The SMILES string of the molecule is COc1cc(-c2cccc(C(F)(F)F)c2)nnc1SC. The predicted octanol–water partition coefficient (Wildman–Crippen LogP) is 3.89. The second-order valence-electron chi connectivity index (χ2n) is 3.89. The Balaban J connectivity index is 2.46. The van der Waals surface area contributed by atoms with E-state index in [1.165, 1.54) is 24.9 Å². The highest BCUT2D eigenvalue weighted by molar-refractivity contribution is 7.98. The van der Waals surface area contributed by atoms with Gasteiger partial charge in [-0.15, -0.1) is 22.0 Å². The molecule has 7 heteroatoms. The Morgan fingerprint density at radius 2 is 1.90 bits per heavy atom. The van der Waals surface area contributed by atoms with Gasteiger partial charge in [-0.1, -0.05) is 12.1 Å². The summed E-state index contributed by atoms with van der Waals surface area (Å²) < 4.78 is 43.2. The maximum atomic E-state index is 12.7. The average molecular weight is 300 g/mol. The molecule has 0 spiro atoms. The van der Waals surface area contributed by atoms with E-state index in [2.05, 4.69) is 10.2 Å². The summed E-state index contributed by atoms with van der Waals surface area (Å²) in [6, 6.07) is 6.53. The Bertz CT molecular complexity index is 617. The molecule has 0 aliphatic rings. The number of alkyl halides is 3. The molecule has 0 atom stereocenters. The van der Waals surface area contributed by atoms with Crippen LogP contribution in [0.1, 0.15) is 5.56 Å². The van der Waals surface area contributed by atoms with Gasteiger partial charge < -0.3 is 4.74 Å². The molecule has 0 unspecified atom stereocenters. The number of ether oxygens (including phenoxy) is 1. The molecular formula is C13H11F3N2OS. The molecule has 1 heterocycles. The van der Waals surface area contributed by atoms with Crippen LogP contribution >= 0.6 is 11.8 Å². The normalized spacial score (nSPS) is 11.4. The molecule has 3 nitrogen and oxygen atoms in total. The predicted molar refractivity (Wildman–Crippen MR) is 70.8 cm³/mol. The van der Waals surface area contributed by atoms with Crippen molar-refractivity contribution in [3.63, 3.8) is 0 Å². The van der Waals surface area contributed by atoms with Crippen LogP contribution in [0.2, 0.25) is 0 Å². The average Bonchev–Trinajstić information content (AvgIpc) is 2.45. The molecule has 0 bridgehead atoms. The summed E-state index contributed by atoms with van der Waals surface area (Å²) in [4.78, 5) is 0. The molecule has 106 valence electrons. The molecule has 0 saturated carbocycles. The first-order chi connectivity index (χ1) is 9.45. The Morgan fingerprint density at radius 1 is 1.15 bits per heavy atom. The maximum absolute atomic E-state index is 12.7. The van der Waals surface area contributed by atoms with Gasteiger partial charge in [0.2, 0.25) is 0 Å². The number of nitrogens with zero attached hydrogens (tertiary/aromatic N) is 2. The van der Waals surface area contributed by atoms with Gasteiger partial charge in [0.25, 0.3) is 0 Å². The highest BCUT2D eigenvalue weighted by Crippen LogP contribution is 2.33. The number of aromatic nitrogens is 2. The molecule has 0 aliphatic heterocycles. The van der Waals surface area contributed by atoms with Crippen molar-refractivity contribution in [2.24, 2.45) is 0 Å². The highest BCUT2D eigenvalue weighted by Gasteiger charge is 2.30. The molecule has 0 N–H and O–H groups in total. The fraction of sp³-hybridized carbons (Fsp3) is 0.231. The van der Waals surface area contributed by atoms with Crippen LogP contribution in [0.15, 0.2) is 35.4 Å². The molecule has 2 rings (SSSR count). The van der Waals surface area contributed by atoms with Crippen molar-refractivity contribution in [2.45, 2.75) is 11.2 Å². The van der Waals surface area contributed by atoms with E-state index in [1.54, 1.807) is 12.1 Å². The molecule has 0 amide bonds. The number of rotatable bonds is 3. The Morgan fingerprint density at radius 3 is 2.50 bits per heavy atom.